The summed E-state index contributed by atoms with van der Waals surface area (Å²) in [5, 5.41) is 9.82. The third-order valence-electron chi connectivity index (χ3n) is 3.35. The minimum Gasteiger partial charge on any atom is -0.332 e. The van der Waals surface area contributed by atoms with Crippen LogP contribution in [-0.4, -0.2) is 21.0 Å². The summed E-state index contributed by atoms with van der Waals surface area (Å²) in [5.74, 6) is -1.65. The molecule has 112 valence electrons. The Balaban J connectivity index is 1.86. The fourth-order valence-corrected chi connectivity index (χ4v) is 2.17. The van der Waals surface area contributed by atoms with Crippen molar-refractivity contribution in [2.24, 2.45) is 0 Å². The number of halogens is 2. The van der Waals surface area contributed by atoms with E-state index < -0.39 is 17.7 Å². The zero-order valence-electron chi connectivity index (χ0n) is 11.7. The number of nitrogens with zero attached hydrogens (tertiary/aromatic N) is 3. The monoisotopic (exact) mass is 302 g/mol. The van der Waals surface area contributed by atoms with Crippen LogP contribution in [0.4, 0.5) is 13.6 Å². The van der Waals surface area contributed by atoms with Crippen molar-refractivity contribution >= 4 is 17.1 Å². The summed E-state index contributed by atoms with van der Waals surface area (Å²) in [7, 11) is 0. The number of hydrogen-bond acceptors (Lipinski definition) is 3. The number of carbonyl (C=O) groups excluding carboxylic acids is 1. The molecule has 1 heterocycles. The second-order valence-corrected chi connectivity index (χ2v) is 4.84. The molecule has 22 heavy (non-hydrogen) atoms. The van der Waals surface area contributed by atoms with Gasteiger partial charge in [0.2, 0.25) is 0 Å². The fraction of sp³-hybridized carbons (Fsp3) is 0.133. The molecule has 0 unspecified atom stereocenters. The van der Waals surface area contributed by atoms with E-state index in [0.717, 1.165) is 21.9 Å². The normalized spacial score (nSPS) is 10.9. The number of fused-ring (bicyclic) bond motifs is 1. The van der Waals surface area contributed by atoms with Gasteiger partial charge in [-0.25, -0.2) is 13.6 Å². The summed E-state index contributed by atoms with van der Waals surface area (Å²) in [6, 6.07) is 8.65. The molecule has 0 fully saturated rings. The van der Waals surface area contributed by atoms with Crippen molar-refractivity contribution in [3.8, 4) is 0 Å². The van der Waals surface area contributed by atoms with Gasteiger partial charge < -0.3 is 5.32 Å². The van der Waals surface area contributed by atoms with Crippen molar-refractivity contribution in [2.45, 2.75) is 13.5 Å². The summed E-state index contributed by atoms with van der Waals surface area (Å²) >= 11 is 0. The first kappa shape index (κ1) is 14.1. The number of hydrogen-bond donors (Lipinski definition) is 1. The van der Waals surface area contributed by atoms with Gasteiger partial charge in [0, 0.05) is 18.7 Å². The molecule has 0 aliphatic carbocycles. The first-order valence-electron chi connectivity index (χ1n) is 6.59. The van der Waals surface area contributed by atoms with Crippen LogP contribution in [0.1, 0.15) is 11.1 Å². The van der Waals surface area contributed by atoms with Crippen molar-refractivity contribution in [3.63, 3.8) is 0 Å². The lowest BCUT2D eigenvalue weighted by Crippen LogP contribution is -2.29. The molecule has 1 N–H and O–H groups in total. The molecule has 0 bridgehead atoms. The van der Waals surface area contributed by atoms with Crippen molar-refractivity contribution in [3.05, 3.63) is 59.2 Å². The van der Waals surface area contributed by atoms with E-state index in [9.17, 15) is 13.6 Å². The largest absolute Gasteiger partial charge is 0.344 e. The fourth-order valence-electron chi connectivity index (χ4n) is 2.17. The van der Waals surface area contributed by atoms with Gasteiger partial charge >= 0.3 is 6.03 Å². The van der Waals surface area contributed by atoms with Gasteiger partial charge in [-0.3, -0.25) is 0 Å². The van der Waals surface area contributed by atoms with E-state index in [2.05, 4.69) is 15.6 Å². The maximum absolute atomic E-state index is 13.8. The molecule has 0 saturated heterocycles. The highest BCUT2D eigenvalue weighted by Crippen LogP contribution is 2.17. The Hall–Kier alpha value is -2.83. The number of amides is 1. The summed E-state index contributed by atoms with van der Waals surface area (Å²) in [6.45, 7) is 2.20. The average molecular weight is 302 g/mol. The zero-order valence-corrected chi connectivity index (χ0v) is 11.7. The standard InChI is InChI=1S/C15H12F2N4O/c1-9-4-2-3-5-10(9)8-18-15(22)21-14-12(17)6-11(16)7-13(14)19-20-21/h2-7H,8H2,1H3,(H,18,22). The SMILES string of the molecule is Cc1ccccc1CNC(=O)n1nnc2cc(F)cc(F)c21. The average Bonchev–Trinajstić information content (AvgIpc) is 2.90. The van der Waals surface area contributed by atoms with Crippen molar-refractivity contribution in [1.29, 1.82) is 0 Å². The summed E-state index contributed by atoms with van der Waals surface area (Å²) in [4.78, 5) is 12.1. The van der Waals surface area contributed by atoms with Crippen LogP contribution in [-0.2, 0) is 6.54 Å². The summed E-state index contributed by atoms with van der Waals surface area (Å²) in [5.41, 5.74) is 1.80. The maximum Gasteiger partial charge on any atom is 0.344 e. The topological polar surface area (TPSA) is 59.8 Å². The van der Waals surface area contributed by atoms with Crippen LogP contribution in [0.2, 0.25) is 0 Å². The maximum atomic E-state index is 13.8. The molecule has 2 aromatic carbocycles. The minimum atomic E-state index is -0.883. The molecule has 1 aromatic heterocycles. The number of aromatic nitrogens is 3. The van der Waals surface area contributed by atoms with E-state index in [1.54, 1.807) is 0 Å². The highest BCUT2D eigenvalue weighted by molar-refractivity contribution is 5.88. The Labute approximate surface area is 124 Å². The van der Waals surface area contributed by atoms with Crippen LogP contribution in [0.25, 0.3) is 11.0 Å². The molecule has 1 amide bonds. The molecule has 0 radical (unpaired) electrons. The van der Waals surface area contributed by atoms with Gasteiger partial charge in [0.1, 0.15) is 16.9 Å². The smallest absolute Gasteiger partial charge is 0.332 e. The van der Waals surface area contributed by atoms with Gasteiger partial charge in [-0.15, -0.1) is 5.10 Å². The van der Waals surface area contributed by atoms with Gasteiger partial charge in [-0.05, 0) is 18.1 Å². The van der Waals surface area contributed by atoms with Crippen LogP contribution >= 0.6 is 0 Å². The first-order valence-corrected chi connectivity index (χ1v) is 6.59. The van der Waals surface area contributed by atoms with E-state index in [0.29, 0.717) is 6.07 Å². The molecule has 3 aromatic rings. The van der Waals surface area contributed by atoms with E-state index >= 15 is 0 Å². The molecule has 0 spiro atoms. The Kier molecular flexibility index (Phi) is 3.54. The predicted molar refractivity (Wildman–Crippen MR) is 76.3 cm³/mol. The van der Waals surface area contributed by atoms with Gasteiger partial charge in [0.05, 0.1) is 0 Å². The third kappa shape index (κ3) is 2.52. The third-order valence-corrected chi connectivity index (χ3v) is 3.35. The van der Waals surface area contributed by atoms with Crippen molar-refractivity contribution in [1.82, 2.24) is 20.3 Å². The number of rotatable bonds is 2. The number of benzene rings is 2. The quantitative estimate of drug-likeness (QED) is 0.792. The van der Waals surface area contributed by atoms with Crippen LogP contribution in [0.15, 0.2) is 36.4 Å². The van der Waals surface area contributed by atoms with Crippen LogP contribution in [0, 0.1) is 18.6 Å². The van der Waals surface area contributed by atoms with Gasteiger partial charge in [-0.1, -0.05) is 29.5 Å². The van der Waals surface area contributed by atoms with Crippen LogP contribution in [0.3, 0.4) is 0 Å². The molecule has 0 aliphatic heterocycles. The van der Waals surface area contributed by atoms with Gasteiger partial charge in [0.25, 0.3) is 0 Å². The van der Waals surface area contributed by atoms with Crippen molar-refractivity contribution in [2.75, 3.05) is 0 Å². The van der Waals surface area contributed by atoms with E-state index in [1.165, 1.54) is 0 Å². The number of carbonyl (C=O) groups is 1. The predicted octanol–water partition coefficient (Wildman–Crippen LogP) is 2.78. The second-order valence-electron chi connectivity index (χ2n) is 4.84. The summed E-state index contributed by atoms with van der Waals surface area (Å²) in [6.07, 6.45) is 0. The molecule has 5 nitrogen and oxygen atoms in total. The second kappa shape index (κ2) is 5.51. The molecular formula is C15H12F2N4O. The van der Waals surface area contributed by atoms with E-state index in [1.807, 2.05) is 31.2 Å². The van der Waals surface area contributed by atoms with Gasteiger partial charge in [-0.2, -0.15) is 4.68 Å². The number of nitrogens with one attached hydrogen (secondary N) is 1. The molecule has 7 heteroatoms. The lowest BCUT2D eigenvalue weighted by Gasteiger charge is -2.07. The minimum absolute atomic E-state index is 0.0106. The molecule has 0 saturated carbocycles. The van der Waals surface area contributed by atoms with E-state index in [-0.39, 0.29) is 17.6 Å². The molecule has 0 aliphatic rings. The highest BCUT2D eigenvalue weighted by Gasteiger charge is 2.17. The van der Waals surface area contributed by atoms with E-state index in [4.69, 9.17) is 0 Å². The zero-order chi connectivity index (χ0) is 15.7. The Morgan fingerprint density at radius 1 is 1.27 bits per heavy atom. The van der Waals surface area contributed by atoms with Gasteiger partial charge in [0.15, 0.2) is 5.82 Å². The molecular weight excluding hydrogens is 290 g/mol. The lowest BCUT2D eigenvalue weighted by atomic mass is 10.1. The molecule has 3 rings (SSSR count). The highest BCUT2D eigenvalue weighted by atomic mass is 19.1. The van der Waals surface area contributed by atoms with Crippen LogP contribution in [0.5, 0.6) is 0 Å². The molecule has 0 atom stereocenters. The van der Waals surface area contributed by atoms with Crippen molar-refractivity contribution < 1.29 is 13.6 Å². The number of aryl methyl sites for hydroxylation is 1. The van der Waals surface area contributed by atoms with Crippen LogP contribution < -0.4 is 5.32 Å². The Morgan fingerprint density at radius 3 is 2.82 bits per heavy atom. The Morgan fingerprint density at radius 2 is 2.05 bits per heavy atom. The summed E-state index contributed by atoms with van der Waals surface area (Å²) < 4.78 is 27.7. The Bertz CT molecular complexity index is 860. The lowest BCUT2D eigenvalue weighted by molar-refractivity contribution is 0.239. The first-order chi connectivity index (χ1) is 10.6.